The molecule has 2 atom stereocenters. The van der Waals surface area contributed by atoms with Crippen molar-refractivity contribution in [1.29, 1.82) is 0 Å². The van der Waals surface area contributed by atoms with E-state index in [1.165, 1.54) is 18.2 Å². The third-order valence-electron chi connectivity index (χ3n) is 6.69. The van der Waals surface area contributed by atoms with Gasteiger partial charge in [0.2, 0.25) is 5.91 Å². The monoisotopic (exact) mass is 485 g/mol. The largest absolute Gasteiger partial charge is 0.305 e. The number of nitro benzene ring substituents is 1. The van der Waals surface area contributed by atoms with Crippen LogP contribution in [-0.2, 0) is 4.79 Å². The number of unbranched alkanes of at least 4 members (excludes halogenated alkanes) is 2. The predicted molar refractivity (Wildman–Crippen MR) is 141 cm³/mol. The first-order valence-electron chi connectivity index (χ1n) is 12.5. The van der Waals surface area contributed by atoms with Crippen LogP contribution in [0, 0.1) is 10.1 Å². The second-order valence-corrected chi connectivity index (χ2v) is 9.20. The molecule has 0 N–H and O–H groups in total. The Morgan fingerprint density at radius 3 is 2.44 bits per heavy atom. The molecule has 186 valence electrons. The molecule has 7 nitrogen and oxygen atoms in total. The van der Waals surface area contributed by atoms with E-state index >= 15 is 0 Å². The van der Waals surface area contributed by atoms with Gasteiger partial charge in [0.1, 0.15) is 0 Å². The zero-order chi connectivity index (χ0) is 25.7. The first-order valence-corrected chi connectivity index (χ1v) is 12.5. The lowest BCUT2D eigenvalue weighted by atomic mass is 9.89. The van der Waals surface area contributed by atoms with Gasteiger partial charge in [-0.15, -0.1) is 0 Å². The number of rotatable bonds is 8. The first kappa shape index (κ1) is 25.1. The number of non-ortho nitro benzene ring substituents is 1. The van der Waals surface area contributed by atoms with E-state index in [0.29, 0.717) is 12.8 Å². The summed E-state index contributed by atoms with van der Waals surface area (Å²) in [7, 11) is 0. The van der Waals surface area contributed by atoms with Gasteiger partial charge in [-0.1, -0.05) is 62.2 Å². The highest BCUT2D eigenvalue weighted by atomic mass is 16.6. The Kier molecular flexibility index (Phi) is 7.78. The van der Waals surface area contributed by atoms with E-state index in [4.69, 9.17) is 0 Å². The molecular weight excluding hydrogens is 454 g/mol. The second kappa shape index (κ2) is 11.2. The molecule has 1 aliphatic heterocycles. The molecule has 2 unspecified atom stereocenters. The van der Waals surface area contributed by atoms with Gasteiger partial charge < -0.3 is 9.80 Å². The number of anilines is 2. The van der Waals surface area contributed by atoms with Gasteiger partial charge in [0.25, 0.3) is 11.6 Å². The van der Waals surface area contributed by atoms with Crippen LogP contribution in [0.4, 0.5) is 17.1 Å². The minimum absolute atomic E-state index is 0.0695. The number of para-hydroxylation sites is 2. The van der Waals surface area contributed by atoms with Gasteiger partial charge in [-0.3, -0.25) is 19.7 Å². The number of amides is 2. The van der Waals surface area contributed by atoms with Crippen LogP contribution < -0.4 is 9.80 Å². The summed E-state index contributed by atoms with van der Waals surface area (Å²) in [5.41, 5.74) is 2.59. The Bertz CT molecular complexity index is 1240. The van der Waals surface area contributed by atoms with E-state index in [2.05, 4.69) is 6.92 Å². The third-order valence-corrected chi connectivity index (χ3v) is 6.69. The molecule has 0 saturated heterocycles. The fraction of sp³-hybridized carbons (Fsp3) is 0.310. The van der Waals surface area contributed by atoms with Crippen LogP contribution in [0.1, 0.15) is 67.9 Å². The van der Waals surface area contributed by atoms with Gasteiger partial charge >= 0.3 is 0 Å². The highest BCUT2D eigenvalue weighted by Gasteiger charge is 2.38. The van der Waals surface area contributed by atoms with Gasteiger partial charge in [0.05, 0.1) is 11.0 Å². The van der Waals surface area contributed by atoms with Gasteiger partial charge in [-0.05, 0) is 49.6 Å². The summed E-state index contributed by atoms with van der Waals surface area (Å²) in [5.74, 6) is -0.224. The van der Waals surface area contributed by atoms with Crippen LogP contribution in [0.3, 0.4) is 0 Å². The topological polar surface area (TPSA) is 83.8 Å². The van der Waals surface area contributed by atoms with E-state index in [-0.39, 0.29) is 35.1 Å². The first-order chi connectivity index (χ1) is 17.4. The number of nitrogens with zero attached hydrogens (tertiary/aromatic N) is 3. The minimum atomic E-state index is -0.498. The lowest BCUT2D eigenvalue weighted by Gasteiger charge is -2.43. The zero-order valence-electron chi connectivity index (χ0n) is 20.7. The Morgan fingerprint density at radius 2 is 1.72 bits per heavy atom. The summed E-state index contributed by atoms with van der Waals surface area (Å²) >= 11 is 0. The lowest BCUT2D eigenvalue weighted by molar-refractivity contribution is -0.384. The van der Waals surface area contributed by atoms with Crippen molar-refractivity contribution in [2.75, 3.05) is 9.80 Å². The van der Waals surface area contributed by atoms with Crippen LogP contribution in [0.2, 0.25) is 0 Å². The Balaban J connectivity index is 1.74. The molecule has 1 aliphatic rings. The minimum Gasteiger partial charge on any atom is -0.305 e. The number of carbonyl (C=O) groups is 2. The van der Waals surface area contributed by atoms with Crippen LogP contribution in [0.25, 0.3) is 0 Å². The molecule has 0 aliphatic carbocycles. The van der Waals surface area contributed by atoms with Crippen LogP contribution >= 0.6 is 0 Å². The summed E-state index contributed by atoms with van der Waals surface area (Å²) in [6.07, 6.45) is 3.88. The number of benzene rings is 3. The quantitative estimate of drug-likeness (QED) is 0.202. The molecule has 2 amide bonds. The van der Waals surface area contributed by atoms with Crippen molar-refractivity contribution in [3.63, 3.8) is 0 Å². The molecule has 0 aromatic heterocycles. The molecule has 0 saturated carbocycles. The van der Waals surface area contributed by atoms with Crippen molar-refractivity contribution in [2.24, 2.45) is 0 Å². The standard InChI is InChI=1S/C29H31N3O4/c1-3-4-6-18-28(33)31(23-13-7-5-8-14-23)27-19-21(2)30(26-17-10-9-16-25(26)27)29(34)22-12-11-15-24(20-22)32(35)36/h5,7-17,20-21,27H,3-4,6,18-19H2,1-2H3. The van der Waals surface area contributed by atoms with Gasteiger partial charge in [0, 0.05) is 41.5 Å². The number of hydrogen-bond acceptors (Lipinski definition) is 4. The maximum Gasteiger partial charge on any atom is 0.270 e. The molecule has 0 bridgehead atoms. The van der Waals surface area contributed by atoms with Crippen LogP contribution in [0.5, 0.6) is 0 Å². The fourth-order valence-corrected chi connectivity index (χ4v) is 4.96. The Morgan fingerprint density at radius 1 is 1.00 bits per heavy atom. The maximum absolute atomic E-state index is 13.6. The molecule has 3 aromatic carbocycles. The molecule has 7 heteroatoms. The van der Waals surface area contributed by atoms with E-state index in [1.807, 2.05) is 66.4 Å². The van der Waals surface area contributed by atoms with Crippen LogP contribution in [0.15, 0.2) is 78.9 Å². The smallest absolute Gasteiger partial charge is 0.270 e. The number of hydrogen-bond donors (Lipinski definition) is 0. The summed E-state index contributed by atoms with van der Waals surface area (Å²) < 4.78 is 0. The normalized spacial score (nSPS) is 16.8. The van der Waals surface area contributed by atoms with Gasteiger partial charge in [0.15, 0.2) is 0 Å². The average Bonchev–Trinajstić information content (AvgIpc) is 2.89. The fourth-order valence-electron chi connectivity index (χ4n) is 4.96. The van der Waals surface area contributed by atoms with Crippen molar-refractivity contribution < 1.29 is 14.5 Å². The van der Waals surface area contributed by atoms with Gasteiger partial charge in [-0.2, -0.15) is 0 Å². The van der Waals surface area contributed by atoms with E-state index in [0.717, 1.165) is 36.2 Å². The Labute approximate surface area is 211 Å². The number of nitro groups is 1. The molecule has 0 radical (unpaired) electrons. The lowest BCUT2D eigenvalue weighted by Crippen LogP contribution is -2.47. The molecular formula is C29H31N3O4. The molecule has 3 aromatic rings. The third kappa shape index (κ3) is 5.15. The summed E-state index contributed by atoms with van der Waals surface area (Å²) in [5, 5.41) is 11.3. The summed E-state index contributed by atoms with van der Waals surface area (Å²) in [4.78, 5) is 41.5. The number of carbonyl (C=O) groups excluding carboxylic acids is 2. The molecule has 0 spiro atoms. The molecule has 1 heterocycles. The van der Waals surface area contributed by atoms with Crippen molar-refractivity contribution in [3.05, 3.63) is 100 Å². The van der Waals surface area contributed by atoms with Crippen LogP contribution in [-0.4, -0.2) is 22.8 Å². The molecule has 36 heavy (non-hydrogen) atoms. The van der Waals surface area contributed by atoms with Crippen molar-refractivity contribution in [1.82, 2.24) is 0 Å². The summed E-state index contributed by atoms with van der Waals surface area (Å²) in [6.45, 7) is 4.08. The highest BCUT2D eigenvalue weighted by molar-refractivity contribution is 6.08. The summed E-state index contributed by atoms with van der Waals surface area (Å²) in [6, 6.07) is 22.7. The highest BCUT2D eigenvalue weighted by Crippen LogP contribution is 2.43. The zero-order valence-corrected chi connectivity index (χ0v) is 20.7. The van der Waals surface area contributed by atoms with E-state index in [9.17, 15) is 19.7 Å². The second-order valence-electron chi connectivity index (χ2n) is 9.20. The number of fused-ring (bicyclic) bond motifs is 1. The van der Waals surface area contributed by atoms with Crippen molar-refractivity contribution in [2.45, 2.75) is 58.0 Å². The Hall–Kier alpha value is -4.00. The van der Waals surface area contributed by atoms with E-state index in [1.54, 1.807) is 11.0 Å². The van der Waals surface area contributed by atoms with Crippen molar-refractivity contribution in [3.8, 4) is 0 Å². The molecule has 0 fully saturated rings. The van der Waals surface area contributed by atoms with Gasteiger partial charge in [-0.25, -0.2) is 0 Å². The maximum atomic E-state index is 13.6. The SMILES string of the molecule is CCCCCC(=O)N(c1ccccc1)C1CC(C)N(C(=O)c2cccc([N+](=O)[O-])c2)c2ccccc21. The van der Waals surface area contributed by atoms with E-state index < -0.39 is 4.92 Å². The predicted octanol–water partition coefficient (Wildman–Crippen LogP) is 6.69. The van der Waals surface area contributed by atoms with Crippen molar-refractivity contribution >= 4 is 28.9 Å². The average molecular weight is 486 g/mol. The molecule has 4 rings (SSSR count).